The van der Waals surface area contributed by atoms with Crippen LogP contribution in [0.4, 0.5) is 0 Å². The van der Waals surface area contributed by atoms with Gasteiger partial charge in [-0.25, -0.2) is 0 Å². The SMILES string of the molecule is c1ccc(-c2c3cc4c(-c5ccccc5)c(-c5ccccc5)n(-c5c6ccccc6c(-c6ccccc6)c6ccccc56)c4cc3c(-c3ccccc3)c3cc4c(-c5ccccc5)c(-c5ccccc5)n(-c5c6ccccc6c(-c6ccccc6)c6ccccc56)c4cc23)cc1. The van der Waals surface area contributed by atoms with Gasteiger partial charge in [0.1, 0.15) is 0 Å². The molecule has 0 saturated carbocycles. The molecule has 96 heavy (non-hydrogen) atoms. The molecule has 446 valence electrons. The standard InChI is InChI=1S/C94H60N2/c1-9-33-61(34-10-1)85-69-49-25-29-53-73(69)93(74-54-30-26-50-70(74)85)95-83-59-79-77(57-81(83)89(65-41-17-5-18-42-65)91(95)67-45-21-7-22-46-67)88(64-39-15-4-16-40-64)80-60-84-82(58-78(80)87(79)63-37-13-3-14-38-63)90(66-43-19-6-20-44-66)92(68-47-23-8-24-48-68)96(84)94-75-55-31-27-51-71(75)86(62-35-11-2-12-36-62)72-52-28-32-56-76(72)94/h1-60H. The lowest BCUT2D eigenvalue weighted by Crippen LogP contribution is -2.02. The molecule has 2 nitrogen and oxygen atoms in total. The first-order valence-corrected chi connectivity index (χ1v) is 33.2. The van der Waals surface area contributed by atoms with Crippen molar-refractivity contribution in [2.75, 3.05) is 0 Å². The number of nitrogens with zero attached hydrogens (tertiary/aromatic N) is 2. The van der Waals surface area contributed by atoms with Crippen LogP contribution in [-0.4, -0.2) is 9.13 Å². The molecule has 19 aromatic rings. The zero-order valence-electron chi connectivity index (χ0n) is 52.5. The molecule has 0 unspecified atom stereocenters. The largest absolute Gasteiger partial charge is 0.307 e. The maximum absolute atomic E-state index is 2.65. The zero-order chi connectivity index (χ0) is 63.2. The number of aromatic nitrogens is 2. The molecule has 0 aliphatic rings. The van der Waals surface area contributed by atoms with E-state index in [0.29, 0.717) is 0 Å². The van der Waals surface area contributed by atoms with Gasteiger partial charge in [-0.15, -0.1) is 0 Å². The van der Waals surface area contributed by atoms with Crippen molar-refractivity contribution in [3.05, 3.63) is 364 Å². The molecule has 0 saturated heterocycles. The molecule has 17 aromatic carbocycles. The van der Waals surface area contributed by atoms with Crippen LogP contribution in [0, 0.1) is 0 Å². The monoisotopic (exact) mass is 1220 g/mol. The first kappa shape index (κ1) is 55.1. The second kappa shape index (κ2) is 22.6. The van der Waals surface area contributed by atoms with E-state index in [9.17, 15) is 0 Å². The zero-order valence-corrected chi connectivity index (χ0v) is 52.5. The molecule has 0 atom stereocenters. The summed E-state index contributed by atoms with van der Waals surface area (Å²) >= 11 is 0. The van der Waals surface area contributed by atoms with E-state index in [4.69, 9.17) is 0 Å². The van der Waals surface area contributed by atoms with Gasteiger partial charge in [-0.3, -0.25) is 0 Å². The van der Waals surface area contributed by atoms with E-state index in [1.807, 2.05) is 0 Å². The Labute approximate surface area is 556 Å². The number of hydrogen-bond acceptors (Lipinski definition) is 0. The molecule has 2 heterocycles. The Bertz CT molecular complexity index is 5740. The summed E-state index contributed by atoms with van der Waals surface area (Å²) in [6.45, 7) is 0. The summed E-state index contributed by atoms with van der Waals surface area (Å²) in [6.07, 6.45) is 0. The molecular formula is C94H60N2. The van der Waals surface area contributed by atoms with E-state index in [1.165, 1.54) is 120 Å². The van der Waals surface area contributed by atoms with Gasteiger partial charge in [0, 0.05) is 43.4 Å². The van der Waals surface area contributed by atoms with E-state index in [0.717, 1.165) is 67.2 Å². The van der Waals surface area contributed by atoms with Crippen molar-refractivity contribution in [2.45, 2.75) is 0 Å². The Morgan fingerprint density at radius 1 is 0.135 bits per heavy atom. The molecule has 0 bridgehead atoms. The summed E-state index contributed by atoms with van der Waals surface area (Å²) in [5, 5.41) is 16.6. The fraction of sp³-hybridized carbons (Fsp3) is 0. The third-order valence-electron chi connectivity index (χ3n) is 20.0. The smallest absolute Gasteiger partial charge is 0.0619 e. The van der Waals surface area contributed by atoms with Gasteiger partial charge in [-0.05, 0) is 134 Å². The van der Waals surface area contributed by atoms with Gasteiger partial charge < -0.3 is 9.13 Å². The number of benzene rings is 17. The maximum Gasteiger partial charge on any atom is 0.0619 e. The highest BCUT2D eigenvalue weighted by molar-refractivity contribution is 6.29. The summed E-state index contributed by atoms with van der Waals surface area (Å²) in [6, 6.07) is 136. The minimum absolute atomic E-state index is 1.12. The Morgan fingerprint density at radius 3 is 0.573 bits per heavy atom. The van der Waals surface area contributed by atoms with Crippen LogP contribution in [0.2, 0.25) is 0 Å². The molecule has 2 aromatic heterocycles. The van der Waals surface area contributed by atoms with Crippen LogP contribution in [0.15, 0.2) is 364 Å². The summed E-state index contributed by atoms with van der Waals surface area (Å²) in [5.41, 5.74) is 23.3. The second-order valence-electron chi connectivity index (χ2n) is 25.3. The van der Waals surface area contributed by atoms with Gasteiger partial charge in [-0.2, -0.15) is 0 Å². The lowest BCUT2D eigenvalue weighted by molar-refractivity contribution is 1.16. The maximum atomic E-state index is 2.65. The van der Waals surface area contributed by atoms with Crippen LogP contribution in [0.1, 0.15) is 0 Å². The Morgan fingerprint density at radius 2 is 0.323 bits per heavy atom. The van der Waals surface area contributed by atoms with Gasteiger partial charge in [0.25, 0.3) is 0 Å². The van der Waals surface area contributed by atoms with Crippen LogP contribution in [0.25, 0.3) is 187 Å². The van der Waals surface area contributed by atoms with Crippen LogP contribution in [0.5, 0.6) is 0 Å². The number of fused-ring (bicyclic) bond motifs is 8. The Kier molecular flexibility index (Phi) is 13.0. The van der Waals surface area contributed by atoms with Gasteiger partial charge in [0.2, 0.25) is 0 Å². The van der Waals surface area contributed by atoms with Crippen molar-refractivity contribution in [2.24, 2.45) is 0 Å². The van der Waals surface area contributed by atoms with Crippen LogP contribution < -0.4 is 0 Å². The molecule has 19 rings (SSSR count). The van der Waals surface area contributed by atoms with Gasteiger partial charge in [0.15, 0.2) is 0 Å². The topological polar surface area (TPSA) is 9.86 Å². The number of hydrogen-bond donors (Lipinski definition) is 0. The third kappa shape index (κ3) is 8.59. The summed E-state index contributed by atoms with van der Waals surface area (Å²) < 4.78 is 5.29. The minimum Gasteiger partial charge on any atom is -0.307 e. The average Bonchev–Trinajstić information content (AvgIpc) is 1.42. The Hall–Kier alpha value is -12.6. The molecule has 0 fully saturated rings. The molecule has 0 N–H and O–H groups in total. The van der Waals surface area contributed by atoms with Crippen molar-refractivity contribution >= 4 is 86.4 Å². The quantitative estimate of drug-likeness (QED) is 0.121. The summed E-state index contributed by atoms with van der Waals surface area (Å²) in [4.78, 5) is 0. The van der Waals surface area contributed by atoms with Crippen molar-refractivity contribution in [3.8, 4) is 101 Å². The van der Waals surface area contributed by atoms with Crippen LogP contribution in [0.3, 0.4) is 0 Å². The van der Waals surface area contributed by atoms with Crippen molar-refractivity contribution in [3.63, 3.8) is 0 Å². The van der Waals surface area contributed by atoms with E-state index >= 15 is 0 Å². The van der Waals surface area contributed by atoms with Gasteiger partial charge in [0.05, 0.1) is 33.8 Å². The fourth-order valence-electron chi connectivity index (χ4n) is 16.1. The molecule has 0 amide bonds. The molecule has 0 radical (unpaired) electrons. The fourth-order valence-corrected chi connectivity index (χ4v) is 16.1. The predicted octanol–water partition coefficient (Wildman–Crippen LogP) is 25.8. The molecule has 0 aliphatic carbocycles. The molecule has 0 spiro atoms. The minimum atomic E-state index is 1.12. The number of rotatable bonds is 10. The highest BCUT2D eigenvalue weighted by atomic mass is 15.0. The molecular weight excluding hydrogens is 1160 g/mol. The van der Waals surface area contributed by atoms with Crippen molar-refractivity contribution in [1.82, 2.24) is 9.13 Å². The normalized spacial score (nSPS) is 11.8. The van der Waals surface area contributed by atoms with Crippen molar-refractivity contribution in [1.29, 1.82) is 0 Å². The van der Waals surface area contributed by atoms with Gasteiger partial charge in [-0.1, -0.05) is 340 Å². The first-order valence-electron chi connectivity index (χ1n) is 33.2. The van der Waals surface area contributed by atoms with E-state index < -0.39 is 0 Å². The summed E-state index contributed by atoms with van der Waals surface area (Å²) in [7, 11) is 0. The van der Waals surface area contributed by atoms with Crippen LogP contribution >= 0.6 is 0 Å². The lowest BCUT2D eigenvalue weighted by Gasteiger charge is -2.22. The van der Waals surface area contributed by atoms with Gasteiger partial charge >= 0.3 is 0 Å². The lowest BCUT2D eigenvalue weighted by atomic mass is 9.84. The highest BCUT2D eigenvalue weighted by Gasteiger charge is 2.31. The molecule has 2 heteroatoms. The van der Waals surface area contributed by atoms with Crippen molar-refractivity contribution < 1.29 is 0 Å². The highest BCUT2D eigenvalue weighted by Crippen LogP contribution is 2.55. The first-order chi connectivity index (χ1) is 47.7. The van der Waals surface area contributed by atoms with Crippen LogP contribution in [-0.2, 0) is 0 Å². The Balaban J connectivity index is 1.05. The van der Waals surface area contributed by atoms with E-state index in [2.05, 4.69) is 373 Å². The average molecular weight is 1220 g/mol. The summed E-state index contributed by atoms with van der Waals surface area (Å²) in [5.74, 6) is 0. The molecule has 0 aliphatic heterocycles. The predicted molar refractivity (Wildman–Crippen MR) is 409 cm³/mol. The van der Waals surface area contributed by atoms with E-state index in [-0.39, 0.29) is 0 Å². The third-order valence-corrected chi connectivity index (χ3v) is 20.0. The van der Waals surface area contributed by atoms with E-state index in [1.54, 1.807) is 0 Å². The second-order valence-corrected chi connectivity index (χ2v) is 25.3.